The Bertz CT molecular complexity index is 584. The summed E-state index contributed by atoms with van der Waals surface area (Å²) < 4.78 is 0. The molecule has 2 rings (SSSR count). The first-order chi connectivity index (χ1) is 9.13. The highest BCUT2D eigenvalue weighted by Gasteiger charge is 2.15. The van der Waals surface area contributed by atoms with E-state index < -0.39 is 0 Å². The lowest BCUT2D eigenvalue weighted by Gasteiger charge is -2.22. The maximum atomic E-state index is 8.86. The van der Waals surface area contributed by atoms with E-state index in [-0.39, 0.29) is 5.84 Å². The molecule has 0 aliphatic rings. The molecule has 100 valence electrons. The minimum atomic E-state index is 0.0126. The second kappa shape index (κ2) is 5.95. The summed E-state index contributed by atoms with van der Waals surface area (Å²) in [4.78, 5) is 3.25. The molecule has 0 radical (unpaired) electrons. The van der Waals surface area contributed by atoms with Crippen molar-refractivity contribution >= 4 is 34.5 Å². The third kappa shape index (κ3) is 3.00. The average Bonchev–Trinajstić information content (AvgIpc) is 2.90. The molecule has 2 aromatic rings. The van der Waals surface area contributed by atoms with Gasteiger partial charge in [-0.3, -0.25) is 0 Å². The summed E-state index contributed by atoms with van der Waals surface area (Å²) in [6.07, 6.45) is 0. The Morgan fingerprint density at radius 1 is 1.42 bits per heavy atom. The van der Waals surface area contributed by atoms with Gasteiger partial charge in [0, 0.05) is 17.6 Å². The molecule has 0 bridgehead atoms. The molecule has 3 N–H and O–H groups in total. The van der Waals surface area contributed by atoms with Gasteiger partial charge in [-0.05, 0) is 23.6 Å². The van der Waals surface area contributed by atoms with Crippen molar-refractivity contribution in [3.05, 3.63) is 51.2 Å². The van der Waals surface area contributed by atoms with Gasteiger partial charge in [-0.25, -0.2) is 0 Å². The van der Waals surface area contributed by atoms with Gasteiger partial charge in [-0.2, -0.15) is 0 Å². The zero-order valence-corrected chi connectivity index (χ0v) is 11.9. The lowest BCUT2D eigenvalue weighted by atomic mass is 10.1. The van der Waals surface area contributed by atoms with Gasteiger partial charge in [-0.15, -0.1) is 11.3 Å². The van der Waals surface area contributed by atoms with Crippen molar-refractivity contribution < 1.29 is 5.21 Å². The fourth-order valence-corrected chi connectivity index (χ4v) is 2.88. The van der Waals surface area contributed by atoms with E-state index in [1.54, 1.807) is 17.4 Å². The summed E-state index contributed by atoms with van der Waals surface area (Å²) in [5, 5.41) is 14.4. The van der Waals surface area contributed by atoms with Crippen LogP contribution in [0.3, 0.4) is 0 Å². The number of amidine groups is 1. The van der Waals surface area contributed by atoms with Crippen molar-refractivity contribution in [3.8, 4) is 0 Å². The number of hydrogen-bond acceptors (Lipinski definition) is 4. The minimum Gasteiger partial charge on any atom is -0.409 e. The zero-order chi connectivity index (χ0) is 13.8. The summed E-state index contributed by atoms with van der Waals surface area (Å²) in [5.41, 5.74) is 7.08. The number of thiophene rings is 1. The highest BCUT2D eigenvalue weighted by Crippen LogP contribution is 2.28. The van der Waals surface area contributed by atoms with Gasteiger partial charge in [0.25, 0.3) is 0 Å². The van der Waals surface area contributed by atoms with Crippen molar-refractivity contribution in [1.82, 2.24) is 0 Å². The lowest BCUT2D eigenvalue weighted by molar-refractivity contribution is 0.318. The topological polar surface area (TPSA) is 61.8 Å². The third-order valence-corrected chi connectivity index (χ3v) is 3.92. The second-order valence-corrected chi connectivity index (χ2v) is 5.49. The number of benzene rings is 1. The molecule has 1 aromatic heterocycles. The van der Waals surface area contributed by atoms with Crippen LogP contribution in [0.1, 0.15) is 10.4 Å². The standard InChI is InChI=1S/C13H14ClN3OS/c1-17(8-9-4-3-7-19-9)11-6-2-5-10(14)12(11)13(15)16-18/h2-7,18H,8H2,1H3,(H2,15,16). The smallest absolute Gasteiger partial charge is 0.173 e. The molecule has 0 fully saturated rings. The minimum absolute atomic E-state index is 0.0126. The fourth-order valence-electron chi connectivity index (χ4n) is 1.86. The van der Waals surface area contributed by atoms with Gasteiger partial charge in [0.15, 0.2) is 5.84 Å². The van der Waals surface area contributed by atoms with Crippen LogP contribution in [0.4, 0.5) is 5.69 Å². The molecule has 0 amide bonds. The van der Waals surface area contributed by atoms with Crippen molar-refractivity contribution in [2.75, 3.05) is 11.9 Å². The predicted molar refractivity (Wildman–Crippen MR) is 80.4 cm³/mol. The highest BCUT2D eigenvalue weighted by atomic mass is 35.5. The molecule has 19 heavy (non-hydrogen) atoms. The first-order valence-corrected chi connectivity index (χ1v) is 6.89. The van der Waals surface area contributed by atoms with E-state index in [2.05, 4.69) is 11.2 Å². The Kier molecular flexibility index (Phi) is 4.29. The quantitative estimate of drug-likeness (QED) is 0.394. The van der Waals surface area contributed by atoms with Gasteiger partial charge in [0.1, 0.15) is 0 Å². The van der Waals surface area contributed by atoms with Gasteiger partial charge < -0.3 is 15.8 Å². The molecule has 0 unspecified atom stereocenters. The first kappa shape index (κ1) is 13.7. The van der Waals surface area contributed by atoms with Crippen LogP contribution < -0.4 is 10.6 Å². The largest absolute Gasteiger partial charge is 0.409 e. The first-order valence-electron chi connectivity index (χ1n) is 5.63. The Morgan fingerprint density at radius 2 is 2.21 bits per heavy atom. The Labute approximate surface area is 120 Å². The molecule has 0 aliphatic heterocycles. The molecule has 4 nitrogen and oxygen atoms in total. The molecule has 6 heteroatoms. The summed E-state index contributed by atoms with van der Waals surface area (Å²) in [6.45, 7) is 0.740. The van der Waals surface area contributed by atoms with E-state index in [4.69, 9.17) is 22.5 Å². The Hall–Kier alpha value is -1.72. The number of oxime groups is 1. The van der Waals surface area contributed by atoms with Crippen molar-refractivity contribution in [3.63, 3.8) is 0 Å². The van der Waals surface area contributed by atoms with Crippen LogP contribution in [0.5, 0.6) is 0 Å². The van der Waals surface area contributed by atoms with E-state index >= 15 is 0 Å². The summed E-state index contributed by atoms with van der Waals surface area (Å²) >= 11 is 7.82. The maximum Gasteiger partial charge on any atom is 0.173 e. The fraction of sp³-hybridized carbons (Fsp3) is 0.154. The van der Waals surface area contributed by atoms with Crippen molar-refractivity contribution in [2.45, 2.75) is 6.54 Å². The summed E-state index contributed by atoms with van der Waals surface area (Å²) in [5.74, 6) is 0.0126. The van der Waals surface area contributed by atoms with Crippen LogP contribution in [-0.2, 0) is 6.54 Å². The average molecular weight is 296 g/mol. The van der Waals surface area contributed by atoms with Gasteiger partial charge in [0.05, 0.1) is 17.1 Å². The molecule has 1 heterocycles. The van der Waals surface area contributed by atoms with Gasteiger partial charge in [0.2, 0.25) is 0 Å². The summed E-state index contributed by atoms with van der Waals surface area (Å²) in [7, 11) is 1.94. The number of nitrogens with zero attached hydrogens (tertiary/aromatic N) is 2. The van der Waals surface area contributed by atoms with Crippen LogP contribution >= 0.6 is 22.9 Å². The Morgan fingerprint density at radius 3 is 2.84 bits per heavy atom. The van der Waals surface area contributed by atoms with Crippen LogP contribution in [0.15, 0.2) is 40.9 Å². The van der Waals surface area contributed by atoms with Crippen LogP contribution in [0, 0.1) is 0 Å². The lowest BCUT2D eigenvalue weighted by Crippen LogP contribution is -2.22. The van der Waals surface area contributed by atoms with E-state index in [1.807, 2.05) is 35.5 Å². The molecular formula is C13H14ClN3OS. The van der Waals surface area contributed by atoms with E-state index in [1.165, 1.54) is 4.88 Å². The van der Waals surface area contributed by atoms with E-state index in [0.29, 0.717) is 10.6 Å². The normalized spacial score (nSPS) is 11.6. The van der Waals surface area contributed by atoms with Crippen LogP contribution in [0.2, 0.25) is 5.02 Å². The van der Waals surface area contributed by atoms with Crippen molar-refractivity contribution in [1.29, 1.82) is 0 Å². The van der Waals surface area contributed by atoms with E-state index in [9.17, 15) is 0 Å². The van der Waals surface area contributed by atoms with Crippen LogP contribution in [-0.4, -0.2) is 18.1 Å². The number of anilines is 1. The number of rotatable bonds is 4. The number of hydrogen-bond donors (Lipinski definition) is 2. The SMILES string of the molecule is CN(Cc1cccs1)c1cccc(Cl)c1C(N)=NO. The monoisotopic (exact) mass is 295 g/mol. The summed E-state index contributed by atoms with van der Waals surface area (Å²) in [6, 6.07) is 9.53. The molecule has 0 saturated carbocycles. The zero-order valence-electron chi connectivity index (χ0n) is 10.4. The molecule has 0 saturated heterocycles. The van der Waals surface area contributed by atoms with Crippen molar-refractivity contribution in [2.24, 2.45) is 10.9 Å². The highest BCUT2D eigenvalue weighted by molar-refractivity contribution is 7.09. The second-order valence-electron chi connectivity index (χ2n) is 4.05. The number of nitrogens with two attached hydrogens (primary N) is 1. The van der Waals surface area contributed by atoms with Gasteiger partial charge in [-0.1, -0.05) is 28.9 Å². The number of halogens is 1. The third-order valence-electron chi connectivity index (χ3n) is 2.74. The predicted octanol–water partition coefficient (Wildman–Crippen LogP) is 3.13. The van der Waals surface area contributed by atoms with E-state index in [0.717, 1.165) is 12.2 Å². The molecule has 0 spiro atoms. The maximum absolute atomic E-state index is 8.86. The molecule has 0 atom stereocenters. The molecule has 0 aliphatic carbocycles. The van der Waals surface area contributed by atoms with Gasteiger partial charge >= 0.3 is 0 Å². The Balaban J connectivity index is 2.36. The molecule has 1 aromatic carbocycles. The molecular weight excluding hydrogens is 282 g/mol. The van der Waals surface area contributed by atoms with Crippen LogP contribution in [0.25, 0.3) is 0 Å².